The highest BCUT2D eigenvalue weighted by molar-refractivity contribution is 9.10. The molecule has 0 saturated carbocycles. The average Bonchev–Trinajstić information content (AvgIpc) is 2.66. The second-order valence-electron chi connectivity index (χ2n) is 4.98. The van der Waals surface area contributed by atoms with Crippen molar-refractivity contribution in [3.8, 4) is 0 Å². The van der Waals surface area contributed by atoms with Gasteiger partial charge in [-0.2, -0.15) is 0 Å². The Morgan fingerprint density at radius 2 is 2.17 bits per heavy atom. The van der Waals surface area contributed by atoms with E-state index in [-0.39, 0.29) is 0 Å². The van der Waals surface area contributed by atoms with Gasteiger partial charge in [-0.05, 0) is 37.0 Å². The number of rotatable bonds is 5. The van der Waals surface area contributed by atoms with Crippen molar-refractivity contribution in [2.45, 2.75) is 39.1 Å². The monoisotopic (exact) mass is 328 g/mol. The molecular weight excluding hydrogens is 312 g/mol. The molecule has 98 valence electrons. The third kappa shape index (κ3) is 3.07. The molecule has 0 aliphatic heterocycles. The Hall–Kier alpha value is -0.540. The van der Waals surface area contributed by atoms with Crippen molar-refractivity contribution in [2.24, 2.45) is 5.92 Å². The number of halogens is 2. The fourth-order valence-corrected chi connectivity index (χ4v) is 2.71. The van der Waals surface area contributed by atoms with E-state index in [0.717, 1.165) is 28.3 Å². The zero-order valence-corrected chi connectivity index (χ0v) is 13.1. The molecule has 0 N–H and O–H groups in total. The van der Waals surface area contributed by atoms with Gasteiger partial charge >= 0.3 is 0 Å². The lowest BCUT2D eigenvalue weighted by Gasteiger charge is -2.09. The number of alkyl halides is 1. The number of aryl methyl sites for hydroxylation is 1. The molecule has 2 aromatic rings. The fraction of sp³-hybridized carbons (Fsp3) is 0.500. The Balaban J connectivity index is 2.30. The zero-order chi connectivity index (χ0) is 13.1. The summed E-state index contributed by atoms with van der Waals surface area (Å²) < 4.78 is 3.33. The highest BCUT2D eigenvalue weighted by Gasteiger charge is 2.10. The third-order valence-electron chi connectivity index (χ3n) is 3.07. The van der Waals surface area contributed by atoms with E-state index >= 15 is 0 Å². The Morgan fingerprint density at radius 1 is 1.39 bits per heavy atom. The number of fused-ring (bicyclic) bond motifs is 1. The van der Waals surface area contributed by atoms with Crippen LogP contribution >= 0.6 is 27.5 Å². The van der Waals surface area contributed by atoms with Crippen molar-refractivity contribution in [3.63, 3.8) is 0 Å². The molecule has 1 aromatic carbocycles. The molecule has 0 radical (unpaired) electrons. The van der Waals surface area contributed by atoms with Gasteiger partial charge in [0.15, 0.2) is 0 Å². The smallest absolute Gasteiger partial charge is 0.124 e. The predicted octanol–water partition coefficient (Wildman–Crippen LogP) is 4.97. The molecule has 0 aliphatic rings. The first-order chi connectivity index (χ1) is 8.61. The van der Waals surface area contributed by atoms with Gasteiger partial charge in [-0.15, -0.1) is 11.6 Å². The molecule has 0 bridgehead atoms. The van der Waals surface area contributed by atoms with Crippen LogP contribution in [0.1, 0.15) is 32.5 Å². The third-order valence-corrected chi connectivity index (χ3v) is 3.80. The number of hydrogen-bond acceptors (Lipinski definition) is 1. The number of nitrogens with zero attached hydrogens (tertiary/aromatic N) is 2. The minimum atomic E-state index is 0.466. The van der Waals surface area contributed by atoms with Crippen molar-refractivity contribution >= 4 is 38.6 Å². The van der Waals surface area contributed by atoms with E-state index in [9.17, 15) is 0 Å². The summed E-state index contributed by atoms with van der Waals surface area (Å²) in [4.78, 5) is 4.58. The van der Waals surface area contributed by atoms with E-state index < -0.39 is 0 Å². The normalized spacial score (nSPS) is 11.6. The Labute approximate surface area is 121 Å². The van der Waals surface area contributed by atoms with Crippen LogP contribution in [0, 0.1) is 5.92 Å². The van der Waals surface area contributed by atoms with Crippen LogP contribution in [0.5, 0.6) is 0 Å². The topological polar surface area (TPSA) is 17.8 Å². The first kappa shape index (κ1) is 13.9. The molecule has 0 aliphatic carbocycles. The minimum absolute atomic E-state index is 0.466. The van der Waals surface area contributed by atoms with Gasteiger partial charge in [-0.3, -0.25) is 0 Å². The van der Waals surface area contributed by atoms with Crippen LogP contribution in [0.4, 0.5) is 0 Å². The molecular formula is C14H18BrClN2. The molecule has 0 fully saturated rings. The second-order valence-corrected chi connectivity index (χ2v) is 6.17. The lowest BCUT2D eigenvalue weighted by atomic mass is 10.1. The highest BCUT2D eigenvalue weighted by atomic mass is 79.9. The van der Waals surface area contributed by atoms with Gasteiger partial charge in [0.05, 0.1) is 16.9 Å². The van der Waals surface area contributed by atoms with Gasteiger partial charge in [0, 0.05) is 11.0 Å². The summed E-state index contributed by atoms with van der Waals surface area (Å²) in [6.45, 7) is 5.50. The van der Waals surface area contributed by atoms with Gasteiger partial charge in [0.2, 0.25) is 0 Å². The SMILES string of the molecule is CC(C)CCCn1c(CCl)nc2ccc(Br)cc21. The lowest BCUT2D eigenvalue weighted by Crippen LogP contribution is -2.03. The standard InChI is InChI=1S/C14H18BrClN2/c1-10(2)4-3-7-18-13-8-11(15)5-6-12(13)17-14(18)9-16/h5-6,8,10H,3-4,7,9H2,1-2H3. The van der Waals surface area contributed by atoms with Crippen LogP contribution in [0.2, 0.25) is 0 Å². The summed E-state index contributed by atoms with van der Waals surface area (Å²) in [5.74, 6) is 2.17. The number of imidazole rings is 1. The maximum atomic E-state index is 5.99. The van der Waals surface area contributed by atoms with Gasteiger partial charge in [-0.1, -0.05) is 29.8 Å². The highest BCUT2D eigenvalue weighted by Crippen LogP contribution is 2.22. The van der Waals surface area contributed by atoms with Crippen LogP contribution in [0.25, 0.3) is 11.0 Å². The number of aromatic nitrogens is 2. The van der Waals surface area contributed by atoms with E-state index in [1.165, 1.54) is 18.4 Å². The van der Waals surface area contributed by atoms with Crippen molar-refractivity contribution in [1.82, 2.24) is 9.55 Å². The summed E-state index contributed by atoms with van der Waals surface area (Å²) >= 11 is 9.50. The van der Waals surface area contributed by atoms with Gasteiger partial charge in [-0.25, -0.2) is 4.98 Å². The van der Waals surface area contributed by atoms with Crippen molar-refractivity contribution in [1.29, 1.82) is 0 Å². The molecule has 0 amide bonds. The molecule has 0 unspecified atom stereocenters. The molecule has 2 rings (SSSR count). The number of benzene rings is 1. The van der Waals surface area contributed by atoms with E-state index in [0.29, 0.717) is 5.88 Å². The van der Waals surface area contributed by atoms with Crippen molar-refractivity contribution in [2.75, 3.05) is 0 Å². The van der Waals surface area contributed by atoms with E-state index in [1.54, 1.807) is 0 Å². The zero-order valence-electron chi connectivity index (χ0n) is 10.8. The largest absolute Gasteiger partial charge is 0.327 e. The molecule has 1 heterocycles. The van der Waals surface area contributed by atoms with Crippen LogP contribution < -0.4 is 0 Å². The number of hydrogen-bond donors (Lipinski definition) is 0. The first-order valence-corrected chi connectivity index (χ1v) is 7.65. The summed E-state index contributed by atoms with van der Waals surface area (Å²) in [6, 6.07) is 6.17. The maximum Gasteiger partial charge on any atom is 0.124 e. The molecule has 0 saturated heterocycles. The summed E-state index contributed by atoms with van der Waals surface area (Å²) in [6.07, 6.45) is 2.40. The maximum absolute atomic E-state index is 5.99. The molecule has 0 atom stereocenters. The van der Waals surface area contributed by atoms with Gasteiger partial charge < -0.3 is 4.57 Å². The van der Waals surface area contributed by atoms with Gasteiger partial charge in [0.1, 0.15) is 5.82 Å². The van der Waals surface area contributed by atoms with Crippen LogP contribution in [-0.2, 0) is 12.4 Å². The lowest BCUT2D eigenvalue weighted by molar-refractivity contribution is 0.512. The summed E-state index contributed by atoms with van der Waals surface area (Å²) in [5, 5.41) is 0. The molecule has 0 spiro atoms. The summed E-state index contributed by atoms with van der Waals surface area (Å²) in [7, 11) is 0. The van der Waals surface area contributed by atoms with E-state index in [4.69, 9.17) is 11.6 Å². The Kier molecular flexibility index (Phi) is 4.68. The summed E-state index contributed by atoms with van der Waals surface area (Å²) in [5.41, 5.74) is 2.20. The van der Waals surface area contributed by atoms with Crippen LogP contribution in [0.15, 0.2) is 22.7 Å². The van der Waals surface area contributed by atoms with E-state index in [2.05, 4.69) is 45.4 Å². The molecule has 2 nitrogen and oxygen atoms in total. The fourth-order valence-electron chi connectivity index (χ4n) is 2.15. The molecule has 18 heavy (non-hydrogen) atoms. The predicted molar refractivity (Wildman–Crippen MR) is 81.1 cm³/mol. The Morgan fingerprint density at radius 3 is 2.83 bits per heavy atom. The Bertz CT molecular complexity index is 534. The average molecular weight is 330 g/mol. The first-order valence-electron chi connectivity index (χ1n) is 6.32. The molecule has 4 heteroatoms. The second kappa shape index (κ2) is 6.07. The van der Waals surface area contributed by atoms with E-state index in [1.807, 2.05) is 12.1 Å². The van der Waals surface area contributed by atoms with Crippen LogP contribution in [0.3, 0.4) is 0 Å². The van der Waals surface area contributed by atoms with Crippen molar-refractivity contribution < 1.29 is 0 Å². The minimum Gasteiger partial charge on any atom is -0.327 e. The molecule has 1 aromatic heterocycles. The quantitative estimate of drug-likeness (QED) is 0.708. The van der Waals surface area contributed by atoms with Gasteiger partial charge in [0.25, 0.3) is 0 Å². The van der Waals surface area contributed by atoms with Crippen LogP contribution in [-0.4, -0.2) is 9.55 Å². The van der Waals surface area contributed by atoms with Crippen molar-refractivity contribution in [3.05, 3.63) is 28.5 Å².